The Labute approximate surface area is 105 Å². The Hall–Kier alpha value is -1.76. The predicted molar refractivity (Wildman–Crippen MR) is 64.3 cm³/mol. The molecule has 7 heteroatoms. The topological polar surface area (TPSA) is 77.2 Å². The molecule has 2 aromatic rings. The molecule has 0 aromatic carbocycles. The molecule has 1 atom stereocenters. The quantitative estimate of drug-likeness (QED) is 0.845. The van der Waals surface area contributed by atoms with Gasteiger partial charge in [-0.15, -0.1) is 5.10 Å². The van der Waals surface area contributed by atoms with E-state index < -0.39 is 0 Å². The lowest BCUT2D eigenvalue weighted by Crippen LogP contribution is -2.35. The van der Waals surface area contributed by atoms with Crippen LogP contribution in [0.25, 0.3) is 5.65 Å². The third kappa shape index (κ3) is 2.40. The van der Waals surface area contributed by atoms with Gasteiger partial charge in [-0.3, -0.25) is 4.98 Å². The average Bonchev–Trinajstić information content (AvgIpc) is 2.89. The minimum atomic E-state index is 0.569. The smallest absolute Gasteiger partial charge is 0.237 e. The molecule has 1 saturated heterocycles. The van der Waals surface area contributed by atoms with Crippen molar-refractivity contribution < 1.29 is 4.74 Å². The average molecular weight is 248 g/mol. The van der Waals surface area contributed by atoms with Crippen molar-refractivity contribution in [2.24, 2.45) is 0 Å². The van der Waals surface area contributed by atoms with Crippen LogP contribution >= 0.6 is 0 Å². The van der Waals surface area contributed by atoms with Gasteiger partial charge in [-0.2, -0.15) is 4.52 Å². The lowest BCUT2D eigenvalue weighted by molar-refractivity contribution is 0.254. The van der Waals surface area contributed by atoms with Crippen LogP contribution in [0.4, 0.5) is 0 Å². The summed E-state index contributed by atoms with van der Waals surface area (Å²) in [4.78, 5) is 4.05. The molecule has 7 nitrogen and oxygen atoms in total. The highest BCUT2D eigenvalue weighted by atomic mass is 16.5. The molecule has 1 aliphatic rings. The monoisotopic (exact) mass is 248 g/mol. The van der Waals surface area contributed by atoms with E-state index in [1.807, 2.05) is 0 Å². The zero-order valence-electron chi connectivity index (χ0n) is 10.1. The molecular weight excluding hydrogens is 232 g/mol. The number of aromatic nitrogens is 5. The molecule has 0 radical (unpaired) electrons. The Morgan fingerprint density at radius 3 is 3.28 bits per heavy atom. The van der Waals surface area contributed by atoms with Crippen molar-refractivity contribution in [1.82, 2.24) is 30.3 Å². The van der Waals surface area contributed by atoms with E-state index in [0.717, 1.165) is 13.0 Å². The van der Waals surface area contributed by atoms with Crippen LogP contribution in [0.1, 0.15) is 25.7 Å². The molecule has 1 fully saturated rings. The fourth-order valence-corrected chi connectivity index (χ4v) is 2.23. The van der Waals surface area contributed by atoms with Crippen LogP contribution in [0, 0.1) is 0 Å². The first-order valence-corrected chi connectivity index (χ1v) is 6.32. The highest BCUT2D eigenvalue weighted by Gasteiger charge is 2.12. The van der Waals surface area contributed by atoms with E-state index in [-0.39, 0.29) is 0 Å². The molecule has 2 aromatic heterocycles. The van der Waals surface area contributed by atoms with E-state index in [2.05, 4.69) is 25.8 Å². The Bertz CT molecular complexity index is 507. The van der Waals surface area contributed by atoms with E-state index in [1.54, 1.807) is 16.9 Å². The number of nitrogens with zero attached hydrogens (tertiary/aromatic N) is 5. The summed E-state index contributed by atoms with van der Waals surface area (Å²) in [5.41, 5.74) is 0.600. The number of tetrazole rings is 1. The highest BCUT2D eigenvalue weighted by molar-refractivity contribution is 5.34. The minimum Gasteiger partial charge on any atom is -0.476 e. The molecule has 96 valence electrons. The van der Waals surface area contributed by atoms with Gasteiger partial charge in [-0.1, -0.05) is 6.42 Å². The molecular formula is C11H16N6O. The van der Waals surface area contributed by atoms with E-state index >= 15 is 0 Å². The normalized spacial score (nSPS) is 20.1. The van der Waals surface area contributed by atoms with E-state index in [1.165, 1.54) is 19.3 Å². The largest absolute Gasteiger partial charge is 0.476 e. The number of rotatable bonds is 4. The van der Waals surface area contributed by atoms with Gasteiger partial charge in [0.2, 0.25) is 11.5 Å². The first kappa shape index (κ1) is 11.3. The van der Waals surface area contributed by atoms with Crippen LogP contribution in [-0.2, 0) is 0 Å². The minimum absolute atomic E-state index is 0.569. The van der Waals surface area contributed by atoms with Crippen molar-refractivity contribution >= 4 is 5.65 Å². The molecule has 3 rings (SSSR count). The van der Waals surface area contributed by atoms with Crippen molar-refractivity contribution in [1.29, 1.82) is 0 Å². The molecule has 0 aliphatic carbocycles. The van der Waals surface area contributed by atoms with Gasteiger partial charge in [0.1, 0.15) is 0 Å². The molecule has 0 bridgehead atoms. The van der Waals surface area contributed by atoms with Gasteiger partial charge in [0, 0.05) is 6.04 Å². The Balaban J connectivity index is 1.57. The summed E-state index contributed by atoms with van der Waals surface area (Å²) in [7, 11) is 0. The number of hydrogen-bond acceptors (Lipinski definition) is 6. The van der Waals surface area contributed by atoms with Gasteiger partial charge in [0.05, 0.1) is 19.0 Å². The predicted octanol–water partition coefficient (Wildman–Crippen LogP) is 0.430. The van der Waals surface area contributed by atoms with Gasteiger partial charge in [0.15, 0.2) is 0 Å². The maximum Gasteiger partial charge on any atom is 0.237 e. The standard InChI is InChI=1S/C11H16N6O/c1-2-5-13-9(3-1)4-6-18-11-8-12-7-10-14-15-16-17(10)11/h7-9,13H,1-6H2. The fraction of sp³-hybridized carbons (Fsp3) is 0.636. The third-order valence-electron chi connectivity index (χ3n) is 3.21. The van der Waals surface area contributed by atoms with Crippen LogP contribution in [0.3, 0.4) is 0 Å². The molecule has 18 heavy (non-hydrogen) atoms. The van der Waals surface area contributed by atoms with Gasteiger partial charge in [-0.25, -0.2) is 0 Å². The Morgan fingerprint density at radius 1 is 1.39 bits per heavy atom. The van der Waals surface area contributed by atoms with E-state index in [0.29, 0.717) is 24.2 Å². The number of piperidine rings is 1. The van der Waals surface area contributed by atoms with Crippen LogP contribution in [-0.4, -0.2) is 44.2 Å². The second-order valence-electron chi connectivity index (χ2n) is 4.48. The van der Waals surface area contributed by atoms with Gasteiger partial charge in [-0.05, 0) is 36.2 Å². The van der Waals surface area contributed by atoms with Gasteiger partial charge in [0.25, 0.3) is 0 Å². The molecule has 1 unspecified atom stereocenters. The zero-order valence-corrected chi connectivity index (χ0v) is 10.1. The summed E-state index contributed by atoms with van der Waals surface area (Å²) >= 11 is 0. The molecule has 0 spiro atoms. The van der Waals surface area contributed by atoms with Crippen molar-refractivity contribution in [3.05, 3.63) is 12.4 Å². The summed E-state index contributed by atoms with van der Waals surface area (Å²) in [6.07, 6.45) is 8.06. The lowest BCUT2D eigenvalue weighted by atomic mass is 10.0. The second kappa shape index (κ2) is 5.26. The van der Waals surface area contributed by atoms with Crippen molar-refractivity contribution in [2.75, 3.05) is 13.2 Å². The molecule has 1 aliphatic heterocycles. The third-order valence-corrected chi connectivity index (χ3v) is 3.21. The first-order chi connectivity index (χ1) is 8.93. The maximum atomic E-state index is 5.70. The van der Waals surface area contributed by atoms with E-state index in [4.69, 9.17) is 4.74 Å². The maximum absolute atomic E-state index is 5.70. The Morgan fingerprint density at radius 2 is 2.39 bits per heavy atom. The summed E-state index contributed by atoms with van der Waals surface area (Å²) in [6.45, 7) is 1.77. The number of ether oxygens (including phenoxy) is 1. The molecule has 3 heterocycles. The van der Waals surface area contributed by atoms with Gasteiger partial charge >= 0.3 is 0 Å². The summed E-state index contributed by atoms with van der Waals surface area (Å²) in [5, 5.41) is 14.8. The van der Waals surface area contributed by atoms with E-state index in [9.17, 15) is 0 Å². The summed E-state index contributed by atoms with van der Waals surface area (Å²) < 4.78 is 7.26. The number of fused-ring (bicyclic) bond motifs is 1. The SMILES string of the molecule is c1ncc2nnnn2c1OCCC1CCCCN1. The molecule has 0 saturated carbocycles. The summed E-state index contributed by atoms with van der Waals surface area (Å²) in [5.74, 6) is 0.591. The highest BCUT2D eigenvalue weighted by Crippen LogP contribution is 2.12. The van der Waals surface area contributed by atoms with Crippen LogP contribution in [0.2, 0.25) is 0 Å². The number of nitrogens with one attached hydrogen (secondary N) is 1. The summed E-state index contributed by atoms with van der Waals surface area (Å²) in [6, 6.07) is 0.569. The van der Waals surface area contributed by atoms with Crippen LogP contribution < -0.4 is 10.1 Å². The van der Waals surface area contributed by atoms with Crippen molar-refractivity contribution in [3.63, 3.8) is 0 Å². The van der Waals surface area contributed by atoms with Crippen LogP contribution in [0.5, 0.6) is 5.88 Å². The van der Waals surface area contributed by atoms with Crippen LogP contribution in [0.15, 0.2) is 12.4 Å². The zero-order chi connectivity index (χ0) is 12.2. The first-order valence-electron chi connectivity index (χ1n) is 6.32. The molecule has 1 N–H and O–H groups in total. The van der Waals surface area contributed by atoms with Crippen molar-refractivity contribution in [2.45, 2.75) is 31.7 Å². The number of hydrogen-bond donors (Lipinski definition) is 1. The fourth-order valence-electron chi connectivity index (χ4n) is 2.23. The van der Waals surface area contributed by atoms with Gasteiger partial charge < -0.3 is 10.1 Å². The van der Waals surface area contributed by atoms with Crippen molar-refractivity contribution in [3.8, 4) is 5.88 Å². The molecule has 0 amide bonds. The lowest BCUT2D eigenvalue weighted by Gasteiger charge is -2.23. The Kier molecular flexibility index (Phi) is 3.31. The second-order valence-corrected chi connectivity index (χ2v) is 4.48.